The monoisotopic (exact) mass is 523 g/mol. The number of hydrogen-bond acceptors (Lipinski definition) is 3. The summed E-state index contributed by atoms with van der Waals surface area (Å²) in [6.45, 7) is 0.318. The maximum Gasteiger partial charge on any atom is 0.361 e. The van der Waals surface area contributed by atoms with E-state index in [9.17, 15) is 27.5 Å². The second-order valence-electron chi connectivity index (χ2n) is 9.21. The van der Waals surface area contributed by atoms with Crippen LogP contribution >= 0.6 is 0 Å². The number of nitrogens with zero attached hydrogens (tertiary/aromatic N) is 2. The third kappa shape index (κ3) is 4.15. The summed E-state index contributed by atoms with van der Waals surface area (Å²) in [4.78, 5) is 13.1. The van der Waals surface area contributed by atoms with Gasteiger partial charge < -0.3 is 14.4 Å². The maximum absolute atomic E-state index is 15.2. The van der Waals surface area contributed by atoms with E-state index in [1.54, 1.807) is 6.92 Å². The average molecular weight is 523 g/mol. The van der Waals surface area contributed by atoms with Gasteiger partial charge in [-0.25, -0.2) is 22.5 Å². The summed E-state index contributed by atoms with van der Waals surface area (Å²) in [5.41, 5.74) is 0.135. The Morgan fingerprint density at radius 1 is 1.00 bits per heavy atom. The molecule has 0 aromatic heterocycles. The zero-order valence-electron chi connectivity index (χ0n) is 19.7. The van der Waals surface area contributed by atoms with Gasteiger partial charge in [-0.1, -0.05) is 12.2 Å². The molecule has 1 aromatic rings. The molecule has 37 heavy (non-hydrogen) atoms. The molecule has 2 fully saturated rings. The van der Waals surface area contributed by atoms with E-state index < -0.39 is 55.6 Å². The van der Waals surface area contributed by atoms with E-state index in [-0.39, 0.29) is 50.0 Å². The van der Waals surface area contributed by atoms with Gasteiger partial charge in [0.05, 0.1) is 30.4 Å². The van der Waals surface area contributed by atoms with Gasteiger partial charge in [-0.15, -0.1) is 0 Å². The summed E-state index contributed by atoms with van der Waals surface area (Å²) >= 11 is 0. The summed E-state index contributed by atoms with van der Waals surface area (Å²) in [5.74, 6) is -8.85. The fourth-order valence-corrected chi connectivity index (χ4v) is 4.88. The number of anilines is 1. The number of carbonyl (C=O) groups is 1. The van der Waals surface area contributed by atoms with Crippen LogP contribution < -0.4 is 14.8 Å². The lowest BCUT2D eigenvalue weighted by Crippen LogP contribution is -2.58. The number of benzene rings is 2. The van der Waals surface area contributed by atoms with Crippen LogP contribution in [0.3, 0.4) is 0 Å². The zero-order chi connectivity index (χ0) is 26.9. The van der Waals surface area contributed by atoms with Gasteiger partial charge in [0.2, 0.25) is 18.4 Å². The highest BCUT2D eigenvalue weighted by molar-refractivity contribution is 6.12. The molecule has 4 aliphatic rings. The van der Waals surface area contributed by atoms with Gasteiger partial charge in [0.1, 0.15) is 17.2 Å². The van der Waals surface area contributed by atoms with Crippen LogP contribution in [0.25, 0.3) is 27.9 Å². The summed E-state index contributed by atoms with van der Waals surface area (Å²) in [6, 6.07) is 4.54. The third-order valence-electron chi connectivity index (χ3n) is 6.59. The number of aliphatic carboxylic acids is 1. The summed E-state index contributed by atoms with van der Waals surface area (Å²) in [5, 5.41) is 9.72. The first-order valence-electron chi connectivity index (χ1n) is 11.4. The number of carboxylic acid groups (broad SMARTS) is 1. The SMILES string of the molecule is C/C=C(\C(=C/C)C(=O)O)c1c2cc(F)c(=[N+]3CC(F)(F)C3)cc-2oc2cc(N3CC(F)(F)C3)c(F)cc12. The lowest BCUT2D eigenvalue weighted by molar-refractivity contribution is -0.132. The quantitative estimate of drug-likeness (QED) is 0.170. The molecule has 0 bridgehead atoms. The largest absolute Gasteiger partial charge is 0.478 e. The van der Waals surface area contributed by atoms with Crippen LogP contribution in [0.15, 0.2) is 46.4 Å². The lowest BCUT2D eigenvalue weighted by Gasteiger charge is -2.40. The van der Waals surface area contributed by atoms with Crippen molar-refractivity contribution in [3.8, 4) is 11.3 Å². The molecule has 1 aromatic carbocycles. The van der Waals surface area contributed by atoms with Crippen molar-refractivity contribution in [2.75, 3.05) is 31.1 Å². The molecule has 3 aliphatic heterocycles. The fraction of sp³-hybridized carbons (Fsp3) is 0.308. The molecule has 5 rings (SSSR count). The normalized spacial score (nSPS) is 19.2. The van der Waals surface area contributed by atoms with E-state index in [1.807, 2.05) is 0 Å². The maximum atomic E-state index is 15.2. The van der Waals surface area contributed by atoms with Crippen LogP contribution in [0, 0.1) is 11.6 Å². The number of rotatable bonds is 4. The highest BCUT2D eigenvalue weighted by atomic mass is 19.3. The molecular formula is C26H21F6N2O3+. The summed E-state index contributed by atoms with van der Waals surface area (Å²) in [6.07, 6.45) is 2.81. The lowest BCUT2D eigenvalue weighted by atomic mass is 9.88. The van der Waals surface area contributed by atoms with E-state index in [2.05, 4.69) is 0 Å². The highest BCUT2D eigenvalue weighted by Gasteiger charge is 2.50. The predicted molar refractivity (Wildman–Crippen MR) is 125 cm³/mol. The van der Waals surface area contributed by atoms with Crippen molar-refractivity contribution < 1.29 is 40.7 Å². The van der Waals surface area contributed by atoms with E-state index in [0.717, 1.165) is 21.6 Å². The van der Waals surface area contributed by atoms with Crippen molar-refractivity contribution in [1.29, 1.82) is 0 Å². The van der Waals surface area contributed by atoms with Crippen LogP contribution in [0.4, 0.5) is 32.0 Å². The second-order valence-corrected chi connectivity index (χ2v) is 9.21. The molecule has 2 saturated heterocycles. The smallest absolute Gasteiger partial charge is 0.361 e. The van der Waals surface area contributed by atoms with Crippen molar-refractivity contribution in [2.45, 2.75) is 25.7 Å². The van der Waals surface area contributed by atoms with Gasteiger partial charge in [0, 0.05) is 22.6 Å². The molecule has 1 aliphatic carbocycles. The molecule has 0 atom stereocenters. The Kier molecular flexibility index (Phi) is 5.65. The topological polar surface area (TPSA) is 56.7 Å². The summed E-state index contributed by atoms with van der Waals surface area (Å²) < 4.78 is 91.2. The Bertz CT molecular complexity index is 1550. The molecule has 1 N–H and O–H groups in total. The van der Waals surface area contributed by atoms with Gasteiger partial charge in [-0.05, 0) is 31.6 Å². The van der Waals surface area contributed by atoms with Crippen molar-refractivity contribution in [2.24, 2.45) is 0 Å². The average Bonchev–Trinajstić information content (AvgIpc) is 2.77. The van der Waals surface area contributed by atoms with E-state index >= 15 is 8.78 Å². The van der Waals surface area contributed by atoms with Gasteiger partial charge in [0.25, 0.3) is 5.92 Å². The number of hydrogen-bond donors (Lipinski definition) is 1. The number of allylic oxidation sites excluding steroid dienone is 2. The Hall–Kier alpha value is -3.76. The van der Waals surface area contributed by atoms with Crippen molar-refractivity contribution >= 4 is 28.2 Å². The second kappa shape index (κ2) is 8.39. The molecule has 0 amide bonds. The Morgan fingerprint density at radius 3 is 2.22 bits per heavy atom. The van der Waals surface area contributed by atoms with Gasteiger partial charge in [0.15, 0.2) is 5.82 Å². The molecule has 11 heteroatoms. The van der Waals surface area contributed by atoms with E-state index in [0.29, 0.717) is 0 Å². The van der Waals surface area contributed by atoms with Crippen LogP contribution in [-0.4, -0.2) is 49.1 Å². The van der Waals surface area contributed by atoms with Crippen molar-refractivity contribution in [3.63, 3.8) is 0 Å². The molecule has 0 unspecified atom stereocenters. The number of alkyl halides is 4. The molecule has 0 radical (unpaired) electrons. The highest BCUT2D eigenvalue weighted by Crippen LogP contribution is 2.43. The third-order valence-corrected chi connectivity index (χ3v) is 6.59. The number of halogens is 6. The number of carboxylic acids is 1. The van der Waals surface area contributed by atoms with Crippen LogP contribution in [-0.2, 0) is 4.79 Å². The first-order chi connectivity index (χ1) is 17.3. The molecule has 0 spiro atoms. The molecule has 194 valence electrons. The van der Waals surface area contributed by atoms with Crippen LogP contribution in [0.2, 0.25) is 0 Å². The minimum Gasteiger partial charge on any atom is -0.478 e. The summed E-state index contributed by atoms with van der Waals surface area (Å²) in [7, 11) is 0. The van der Waals surface area contributed by atoms with Gasteiger partial charge >= 0.3 is 11.9 Å². The van der Waals surface area contributed by atoms with Crippen LogP contribution in [0.1, 0.15) is 19.4 Å². The first-order valence-corrected chi connectivity index (χ1v) is 11.4. The minimum atomic E-state index is -2.96. The number of fused-ring (bicyclic) bond motifs is 2. The molecule has 0 saturated carbocycles. The van der Waals surface area contributed by atoms with Crippen molar-refractivity contribution in [1.82, 2.24) is 4.58 Å². The molecule has 3 heterocycles. The molecular weight excluding hydrogens is 502 g/mol. The van der Waals surface area contributed by atoms with E-state index in [1.165, 1.54) is 31.2 Å². The molecule has 5 nitrogen and oxygen atoms in total. The Labute approximate surface area is 206 Å². The standard InChI is InChI=1S/C26H20F6N2O3/c1-3-13(14(4-2)24(35)36)23-15-5-17(27)19(33-9-25(29,30)10-33)7-21(15)37-22-8-20(18(28)6-16(22)23)34-11-26(31,32)12-34/h3-8H,9-12H2,1-2H3/p+1/b13-3+,14-4+. The Balaban J connectivity index is 1.83. The van der Waals surface area contributed by atoms with Gasteiger partial charge in [-0.2, -0.15) is 13.2 Å². The zero-order valence-corrected chi connectivity index (χ0v) is 19.7. The van der Waals surface area contributed by atoms with Crippen LogP contribution in [0.5, 0.6) is 0 Å². The predicted octanol–water partition coefficient (Wildman–Crippen LogP) is 5.13. The fourth-order valence-electron chi connectivity index (χ4n) is 4.88. The van der Waals surface area contributed by atoms with E-state index in [4.69, 9.17) is 4.42 Å². The Morgan fingerprint density at radius 2 is 1.68 bits per heavy atom. The van der Waals surface area contributed by atoms with Crippen molar-refractivity contribution in [3.05, 3.63) is 64.5 Å². The van der Waals surface area contributed by atoms with Gasteiger partial charge in [-0.3, -0.25) is 0 Å². The minimum absolute atomic E-state index is 0.0285. The first kappa shape index (κ1) is 24.9.